The second kappa shape index (κ2) is 9.15. The van der Waals surface area contributed by atoms with Gasteiger partial charge in [-0.1, -0.05) is 30.3 Å². The molecule has 4 aromatic rings. The third kappa shape index (κ3) is 4.61. The molecule has 0 bridgehead atoms. The fourth-order valence-corrected chi connectivity index (χ4v) is 3.69. The zero-order chi connectivity index (χ0) is 20.8. The van der Waals surface area contributed by atoms with Crippen LogP contribution in [-0.2, 0) is 11.2 Å². The number of para-hydroxylation sites is 1. The lowest BCUT2D eigenvalue weighted by Crippen LogP contribution is -2.46. The van der Waals surface area contributed by atoms with Crippen LogP contribution in [0, 0.1) is 0 Å². The van der Waals surface area contributed by atoms with Crippen LogP contribution in [0.3, 0.4) is 0 Å². The Kier molecular flexibility index (Phi) is 5.95. The first kappa shape index (κ1) is 19.5. The minimum Gasteiger partial charge on any atom is -0.361 e. The van der Waals surface area contributed by atoms with Crippen LogP contribution in [0.2, 0.25) is 0 Å². The van der Waals surface area contributed by atoms with Gasteiger partial charge in [0.2, 0.25) is 0 Å². The van der Waals surface area contributed by atoms with E-state index >= 15 is 0 Å². The summed E-state index contributed by atoms with van der Waals surface area (Å²) < 4.78 is 0. The summed E-state index contributed by atoms with van der Waals surface area (Å²) >= 11 is 1.32. The van der Waals surface area contributed by atoms with E-state index in [-0.39, 0.29) is 5.91 Å². The van der Waals surface area contributed by atoms with Gasteiger partial charge in [0.05, 0.1) is 11.1 Å². The van der Waals surface area contributed by atoms with Gasteiger partial charge in [-0.15, -0.1) is 11.3 Å². The molecule has 7 nitrogen and oxygen atoms in total. The van der Waals surface area contributed by atoms with E-state index in [0.29, 0.717) is 11.3 Å². The number of thiophene rings is 1. The number of carbonyl (C=O) groups is 2. The Hall–Kier alpha value is -3.78. The second-order valence-corrected chi connectivity index (χ2v) is 7.54. The molecule has 0 aliphatic carbocycles. The molecule has 0 saturated carbocycles. The van der Waals surface area contributed by atoms with E-state index in [4.69, 9.17) is 0 Å². The smallest absolute Gasteiger partial charge is 0.262 e. The van der Waals surface area contributed by atoms with Crippen LogP contribution in [0.25, 0.3) is 10.9 Å². The highest BCUT2D eigenvalue weighted by molar-refractivity contribution is 7.12. The largest absolute Gasteiger partial charge is 0.361 e. The number of nitrogens with zero attached hydrogens (tertiary/aromatic N) is 2. The van der Waals surface area contributed by atoms with Crippen molar-refractivity contribution in [3.8, 4) is 0 Å². The SMILES string of the molecule is O=C(N[C@H](Cc1c[nH]c2ccccc12)C(=O)N/N=C\c1cccnc1)c1cccs1. The summed E-state index contributed by atoms with van der Waals surface area (Å²) in [5.41, 5.74) is 5.20. The molecular formula is C22H19N5O2S. The number of amides is 2. The molecule has 2 amide bonds. The summed E-state index contributed by atoms with van der Waals surface area (Å²) in [6, 6.07) is 14.2. The van der Waals surface area contributed by atoms with Crippen molar-refractivity contribution in [1.82, 2.24) is 20.7 Å². The highest BCUT2D eigenvalue weighted by Gasteiger charge is 2.23. The molecule has 150 valence electrons. The number of pyridine rings is 1. The molecule has 8 heteroatoms. The topological polar surface area (TPSA) is 99.2 Å². The molecule has 3 heterocycles. The average molecular weight is 417 g/mol. The minimum absolute atomic E-state index is 0.291. The molecule has 0 saturated heterocycles. The highest BCUT2D eigenvalue weighted by atomic mass is 32.1. The van der Waals surface area contributed by atoms with Crippen molar-refractivity contribution in [1.29, 1.82) is 0 Å². The van der Waals surface area contributed by atoms with Gasteiger partial charge in [-0.3, -0.25) is 14.6 Å². The third-order valence-electron chi connectivity index (χ3n) is 4.54. The fraction of sp³-hybridized carbons (Fsp3) is 0.0909. The Morgan fingerprint density at radius 1 is 1.17 bits per heavy atom. The maximum Gasteiger partial charge on any atom is 0.262 e. The Bertz CT molecular complexity index is 1170. The van der Waals surface area contributed by atoms with Gasteiger partial charge < -0.3 is 10.3 Å². The first-order valence-corrected chi connectivity index (χ1v) is 10.2. The van der Waals surface area contributed by atoms with E-state index < -0.39 is 11.9 Å². The summed E-state index contributed by atoms with van der Waals surface area (Å²) in [5.74, 6) is -0.688. The van der Waals surface area contributed by atoms with E-state index in [1.165, 1.54) is 17.6 Å². The van der Waals surface area contributed by atoms with Crippen molar-refractivity contribution in [3.05, 3.63) is 88.5 Å². The number of rotatable bonds is 7. The number of H-pyrrole nitrogens is 1. The molecule has 0 unspecified atom stereocenters. The minimum atomic E-state index is -0.787. The lowest BCUT2D eigenvalue weighted by atomic mass is 10.0. The van der Waals surface area contributed by atoms with Crippen molar-refractivity contribution in [2.75, 3.05) is 0 Å². The maximum atomic E-state index is 12.8. The third-order valence-corrected chi connectivity index (χ3v) is 5.41. The highest BCUT2D eigenvalue weighted by Crippen LogP contribution is 2.19. The lowest BCUT2D eigenvalue weighted by molar-refractivity contribution is -0.122. The van der Waals surface area contributed by atoms with Crippen LogP contribution in [0.5, 0.6) is 0 Å². The number of fused-ring (bicyclic) bond motifs is 1. The maximum absolute atomic E-state index is 12.8. The Balaban J connectivity index is 1.52. The van der Waals surface area contributed by atoms with E-state index in [2.05, 4.69) is 25.8 Å². The van der Waals surface area contributed by atoms with Gasteiger partial charge >= 0.3 is 0 Å². The molecular weight excluding hydrogens is 398 g/mol. The first-order valence-electron chi connectivity index (χ1n) is 9.33. The Morgan fingerprint density at radius 3 is 2.87 bits per heavy atom. The Morgan fingerprint density at radius 2 is 2.07 bits per heavy atom. The monoisotopic (exact) mass is 417 g/mol. The van der Waals surface area contributed by atoms with Crippen molar-refractivity contribution in [2.24, 2.45) is 5.10 Å². The van der Waals surface area contributed by atoms with Crippen LogP contribution in [0.4, 0.5) is 0 Å². The van der Waals surface area contributed by atoms with Crippen LogP contribution < -0.4 is 10.7 Å². The normalized spacial score (nSPS) is 12.1. The number of hydrazone groups is 1. The molecule has 0 aliphatic heterocycles. The quantitative estimate of drug-likeness (QED) is 0.318. The number of nitrogens with one attached hydrogen (secondary N) is 3. The van der Waals surface area contributed by atoms with E-state index in [0.717, 1.165) is 22.0 Å². The number of benzene rings is 1. The summed E-state index contributed by atoms with van der Waals surface area (Å²) in [6.45, 7) is 0. The van der Waals surface area contributed by atoms with Crippen LogP contribution in [0.1, 0.15) is 20.8 Å². The second-order valence-electron chi connectivity index (χ2n) is 6.59. The zero-order valence-electron chi connectivity index (χ0n) is 15.9. The molecule has 1 atom stereocenters. The summed E-state index contributed by atoms with van der Waals surface area (Å²) in [5, 5.41) is 9.67. The molecule has 0 aliphatic rings. The summed E-state index contributed by atoms with van der Waals surface area (Å²) in [6.07, 6.45) is 7.00. The number of hydrogen-bond acceptors (Lipinski definition) is 5. The van der Waals surface area contributed by atoms with Gasteiger partial charge in [0.1, 0.15) is 6.04 Å². The molecule has 0 radical (unpaired) electrons. The molecule has 3 N–H and O–H groups in total. The van der Waals surface area contributed by atoms with Crippen molar-refractivity contribution < 1.29 is 9.59 Å². The van der Waals surface area contributed by atoms with E-state index in [1.54, 1.807) is 30.6 Å². The van der Waals surface area contributed by atoms with E-state index in [9.17, 15) is 9.59 Å². The van der Waals surface area contributed by atoms with Gasteiger partial charge in [-0.2, -0.15) is 5.10 Å². The molecule has 1 aromatic carbocycles. The number of hydrogen-bond donors (Lipinski definition) is 3. The number of carbonyl (C=O) groups excluding carboxylic acids is 2. The van der Waals surface area contributed by atoms with Crippen molar-refractivity contribution in [2.45, 2.75) is 12.5 Å². The van der Waals surface area contributed by atoms with Crippen molar-refractivity contribution in [3.63, 3.8) is 0 Å². The van der Waals surface area contributed by atoms with Gasteiger partial charge in [0.15, 0.2) is 0 Å². The van der Waals surface area contributed by atoms with Gasteiger partial charge in [0, 0.05) is 41.5 Å². The van der Waals surface area contributed by atoms with Gasteiger partial charge in [-0.05, 0) is 29.1 Å². The predicted molar refractivity (Wildman–Crippen MR) is 118 cm³/mol. The molecule has 4 rings (SSSR count). The Labute approximate surface area is 176 Å². The lowest BCUT2D eigenvalue weighted by Gasteiger charge is -2.16. The van der Waals surface area contributed by atoms with Crippen LogP contribution >= 0.6 is 11.3 Å². The molecule has 0 spiro atoms. The predicted octanol–water partition coefficient (Wildman–Crippen LogP) is 3.12. The van der Waals surface area contributed by atoms with Crippen molar-refractivity contribution >= 4 is 40.3 Å². The average Bonchev–Trinajstić information content (AvgIpc) is 3.45. The first-order chi connectivity index (χ1) is 14.7. The zero-order valence-corrected chi connectivity index (χ0v) is 16.7. The van der Waals surface area contributed by atoms with Gasteiger partial charge in [0.25, 0.3) is 11.8 Å². The van der Waals surface area contributed by atoms with Crippen LogP contribution in [0.15, 0.2) is 77.6 Å². The summed E-state index contributed by atoms with van der Waals surface area (Å²) in [7, 11) is 0. The summed E-state index contributed by atoms with van der Waals surface area (Å²) in [4.78, 5) is 33.2. The molecule has 0 fully saturated rings. The molecule has 3 aromatic heterocycles. The fourth-order valence-electron chi connectivity index (χ4n) is 3.07. The molecule has 30 heavy (non-hydrogen) atoms. The standard InChI is InChI=1S/C22H19N5O2S/c28-21(27-25-13-15-5-3-9-23-12-15)19(26-22(29)20-8-4-10-30-20)11-16-14-24-18-7-2-1-6-17(16)18/h1-10,12-14,19,24H,11H2,(H,26,29)(H,27,28)/b25-13-/t19-/m1/s1. The number of aromatic amines is 1. The van der Waals surface area contributed by atoms with E-state index in [1.807, 2.05) is 41.9 Å². The number of aromatic nitrogens is 2. The van der Waals surface area contributed by atoms with Crippen LogP contribution in [-0.4, -0.2) is 34.0 Å². The van der Waals surface area contributed by atoms with Gasteiger partial charge in [-0.25, -0.2) is 5.43 Å².